The van der Waals surface area contributed by atoms with Crippen LogP contribution in [0.4, 0.5) is 0 Å². The number of likely N-dealkylation sites (tertiary alicyclic amines) is 1. The van der Waals surface area contributed by atoms with Crippen LogP contribution in [0.25, 0.3) is 0 Å². The number of nitrogens with zero attached hydrogens (tertiary/aromatic N) is 2. The van der Waals surface area contributed by atoms with Crippen molar-refractivity contribution in [3.63, 3.8) is 0 Å². The van der Waals surface area contributed by atoms with Gasteiger partial charge in [0.05, 0.1) is 12.3 Å². The first-order valence-electron chi connectivity index (χ1n) is 10.8. The van der Waals surface area contributed by atoms with E-state index in [2.05, 4.69) is 25.8 Å². The molecule has 1 aromatic heterocycles. The van der Waals surface area contributed by atoms with E-state index in [1.54, 1.807) is 13.3 Å². The van der Waals surface area contributed by atoms with E-state index in [0.717, 1.165) is 36.8 Å². The third-order valence-electron chi connectivity index (χ3n) is 5.32. The van der Waals surface area contributed by atoms with Gasteiger partial charge in [0.1, 0.15) is 5.76 Å². The molecule has 2 heterocycles. The summed E-state index contributed by atoms with van der Waals surface area (Å²) in [4.78, 5) is 19.0. The number of furan rings is 1. The number of hydrogen-bond donors (Lipinski definition) is 3. The molecule has 1 aromatic carbocycles. The van der Waals surface area contributed by atoms with Crippen molar-refractivity contribution < 1.29 is 9.21 Å². The van der Waals surface area contributed by atoms with Crippen LogP contribution in [0.1, 0.15) is 53.9 Å². The van der Waals surface area contributed by atoms with Gasteiger partial charge in [0.25, 0.3) is 5.91 Å². The molecule has 1 saturated heterocycles. The Hall–Kier alpha value is -2.80. The highest BCUT2D eigenvalue weighted by atomic mass is 16.3. The zero-order chi connectivity index (χ0) is 21.2. The molecular formula is C23H33N5O2. The van der Waals surface area contributed by atoms with E-state index in [9.17, 15) is 4.79 Å². The summed E-state index contributed by atoms with van der Waals surface area (Å²) in [5.74, 6) is 1.67. The minimum absolute atomic E-state index is 0.0342. The van der Waals surface area contributed by atoms with Crippen molar-refractivity contribution in [2.45, 2.75) is 38.8 Å². The Balaban J connectivity index is 1.55. The van der Waals surface area contributed by atoms with E-state index in [4.69, 9.17) is 4.42 Å². The second-order valence-corrected chi connectivity index (χ2v) is 7.54. The maximum absolute atomic E-state index is 12.2. The zero-order valence-electron chi connectivity index (χ0n) is 18.0. The normalized spacial score (nSPS) is 15.7. The van der Waals surface area contributed by atoms with Crippen LogP contribution in [-0.4, -0.2) is 50.0 Å². The Labute approximate surface area is 178 Å². The molecule has 162 valence electrons. The van der Waals surface area contributed by atoms with Crippen LogP contribution >= 0.6 is 0 Å². The summed E-state index contributed by atoms with van der Waals surface area (Å²) in [6.07, 6.45) is 5.11. The number of rotatable bonds is 9. The topological polar surface area (TPSA) is 81.9 Å². The first kappa shape index (κ1) is 21.9. The van der Waals surface area contributed by atoms with Gasteiger partial charge in [-0.15, -0.1) is 0 Å². The average molecular weight is 412 g/mol. The fraction of sp³-hybridized carbons (Fsp3) is 0.478. The number of amides is 1. The Morgan fingerprint density at radius 2 is 2.00 bits per heavy atom. The van der Waals surface area contributed by atoms with Crippen molar-refractivity contribution in [3.8, 4) is 0 Å². The molecule has 1 aliphatic heterocycles. The number of guanidine groups is 1. The summed E-state index contributed by atoms with van der Waals surface area (Å²) >= 11 is 0. The molecule has 7 nitrogen and oxygen atoms in total. The predicted molar refractivity (Wildman–Crippen MR) is 120 cm³/mol. The molecular weight excluding hydrogens is 378 g/mol. The smallest absolute Gasteiger partial charge is 0.251 e. The molecule has 7 heteroatoms. The molecule has 2 aromatic rings. The number of carbonyl (C=O) groups is 1. The standard InChI is InChI=1S/C23H33N5O2/c1-3-11-25-22(29)19-9-6-8-18(15-19)16-26-23(24-2)27-17-20(21-10-7-14-30-21)28-12-4-5-13-28/h6-10,14-15,20H,3-5,11-13,16-17H2,1-2H3,(H,25,29)(H2,24,26,27). The van der Waals surface area contributed by atoms with Gasteiger partial charge in [-0.05, 0) is 62.2 Å². The monoisotopic (exact) mass is 411 g/mol. The minimum atomic E-state index is -0.0342. The molecule has 1 fully saturated rings. The SMILES string of the molecule is CCCNC(=O)c1cccc(CNC(=NC)NCC(c2ccco2)N2CCCC2)c1. The third-order valence-corrected chi connectivity index (χ3v) is 5.32. The van der Waals surface area contributed by atoms with Crippen LogP contribution in [0.2, 0.25) is 0 Å². The lowest BCUT2D eigenvalue weighted by Gasteiger charge is -2.26. The van der Waals surface area contributed by atoms with Crippen molar-refractivity contribution >= 4 is 11.9 Å². The average Bonchev–Trinajstić information content (AvgIpc) is 3.49. The summed E-state index contributed by atoms with van der Waals surface area (Å²) in [7, 11) is 1.77. The fourth-order valence-corrected chi connectivity index (χ4v) is 3.71. The minimum Gasteiger partial charge on any atom is -0.468 e. The van der Waals surface area contributed by atoms with Crippen LogP contribution in [0.3, 0.4) is 0 Å². The van der Waals surface area contributed by atoms with Crippen molar-refractivity contribution in [1.29, 1.82) is 0 Å². The Morgan fingerprint density at radius 1 is 1.17 bits per heavy atom. The second-order valence-electron chi connectivity index (χ2n) is 7.54. The van der Waals surface area contributed by atoms with E-state index in [0.29, 0.717) is 25.2 Å². The Morgan fingerprint density at radius 3 is 2.70 bits per heavy atom. The highest BCUT2D eigenvalue weighted by Crippen LogP contribution is 2.24. The van der Waals surface area contributed by atoms with Gasteiger partial charge in [-0.25, -0.2) is 0 Å². The molecule has 1 aliphatic rings. The van der Waals surface area contributed by atoms with E-state index >= 15 is 0 Å². The molecule has 30 heavy (non-hydrogen) atoms. The third kappa shape index (κ3) is 6.10. The molecule has 3 N–H and O–H groups in total. The van der Waals surface area contributed by atoms with Gasteiger partial charge >= 0.3 is 0 Å². The quantitative estimate of drug-likeness (QED) is 0.437. The summed E-state index contributed by atoms with van der Waals surface area (Å²) in [5, 5.41) is 9.69. The van der Waals surface area contributed by atoms with Gasteiger partial charge in [0, 0.05) is 32.2 Å². The maximum Gasteiger partial charge on any atom is 0.251 e. The van der Waals surface area contributed by atoms with E-state index in [-0.39, 0.29) is 11.9 Å². The predicted octanol–water partition coefficient (Wildman–Crippen LogP) is 2.92. The van der Waals surface area contributed by atoms with Gasteiger partial charge in [-0.3, -0.25) is 14.7 Å². The van der Waals surface area contributed by atoms with Crippen LogP contribution in [-0.2, 0) is 6.54 Å². The second kappa shape index (κ2) is 11.4. The maximum atomic E-state index is 12.2. The number of benzene rings is 1. The van der Waals surface area contributed by atoms with Gasteiger partial charge in [0.2, 0.25) is 0 Å². The van der Waals surface area contributed by atoms with Crippen molar-refractivity contribution in [2.75, 3.05) is 33.2 Å². The first-order chi connectivity index (χ1) is 14.7. The van der Waals surface area contributed by atoms with Crippen LogP contribution in [0.15, 0.2) is 52.1 Å². The number of carbonyl (C=O) groups excluding carboxylic acids is 1. The lowest BCUT2D eigenvalue weighted by molar-refractivity contribution is 0.0953. The lowest BCUT2D eigenvalue weighted by atomic mass is 10.1. The summed E-state index contributed by atoms with van der Waals surface area (Å²) in [6.45, 7) is 6.21. The fourth-order valence-electron chi connectivity index (χ4n) is 3.71. The largest absolute Gasteiger partial charge is 0.468 e. The van der Waals surface area contributed by atoms with Gasteiger partial charge < -0.3 is 20.4 Å². The lowest BCUT2D eigenvalue weighted by Crippen LogP contribution is -2.42. The number of nitrogens with one attached hydrogen (secondary N) is 3. The zero-order valence-corrected chi connectivity index (χ0v) is 18.0. The molecule has 3 rings (SSSR count). The first-order valence-corrected chi connectivity index (χ1v) is 10.8. The van der Waals surface area contributed by atoms with Crippen molar-refractivity contribution in [1.82, 2.24) is 20.9 Å². The summed E-state index contributed by atoms with van der Waals surface area (Å²) < 4.78 is 5.69. The number of aliphatic imine (C=N–C) groups is 1. The molecule has 1 amide bonds. The summed E-state index contributed by atoms with van der Waals surface area (Å²) in [6, 6.07) is 11.8. The van der Waals surface area contributed by atoms with Crippen molar-refractivity contribution in [3.05, 3.63) is 59.5 Å². The molecule has 0 bridgehead atoms. The molecule has 0 aliphatic carbocycles. The molecule has 0 spiro atoms. The van der Waals surface area contributed by atoms with Gasteiger partial charge in [0.15, 0.2) is 5.96 Å². The Kier molecular flexibility index (Phi) is 8.32. The highest BCUT2D eigenvalue weighted by Gasteiger charge is 2.25. The van der Waals surface area contributed by atoms with E-state index < -0.39 is 0 Å². The highest BCUT2D eigenvalue weighted by molar-refractivity contribution is 5.94. The molecule has 0 saturated carbocycles. The number of hydrogen-bond acceptors (Lipinski definition) is 4. The van der Waals surface area contributed by atoms with Crippen LogP contribution in [0.5, 0.6) is 0 Å². The van der Waals surface area contributed by atoms with Crippen LogP contribution in [0, 0.1) is 0 Å². The molecule has 1 unspecified atom stereocenters. The van der Waals surface area contributed by atoms with Crippen LogP contribution < -0.4 is 16.0 Å². The van der Waals surface area contributed by atoms with Crippen molar-refractivity contribution in [2.24, 2.45) is 4.99 Å². The van der Waals surface area contributed by atoms with E-state index in [1.807, 2.05) is 43.3 Å². The molecule has 1 atom stereocenters. The summed E-state index contributed by atoms with van der Waals surface area (Å²) in [5.41, 5.74) is 1.71. The van der Waals surface area contributed by atoms with Gasteiger partial charge in [-0.2, -0.15) is 0 Å². The van der Waals surface area contributed by atoms with Gasteiger partial charge in [-0.1, -0.05) is 19.1 Å². The Bertz CT molecular complexity index is 813. The van der Waals surface area contributed by atoms with E-state index in [1.165, 1.54) is 12.8 Å². The molecule has 0 radical (unpaired) electrons.